The van der Waals surface area contributed by atoms with Crippen LogP contribution in [0.1, 0.15) is 35.9 Å². The molecule has 0 radical (unpaired) electrons. The van der Waals surface area contributed by atoms with E-state index in [1.807, 2.05) is 12.3 Å². The Kier molecular flexibility index (Phi) is 3.50. The quantitative estimate of drug-likeness (QED) is 0.658. The minimum atomic E-state index is 0.520. The van der Waals surface area contributed by atoms with Gasteiger partial charge in [0.25, 0.3) is 0 Å². The molecule has 0 aliphatic heterocycles. The number of oxazole rings is 1. The molecular weight excluding hydrogens is 306 g/mol. The number of hydrogen-bond donors (Lipinski definition) is 1. The number of hydrogen-bond acceptors (Lipinski definition) is 4. The normalized spacial score (nSPS) is 14.7. The van der Waals surface area contributed by atoms with Crippen molar-refractivity contribution in [3.8, 4) is 22.0 Å². The largest absolute Gasteiger partial charge is 0.448 e. The second-order valence-corrected chi connectivity index (χ2v) is 6.58. The van der Waals surface area contributed by atoms with Crippen molar-refractivity contribution >= 4 is 17.4 Å². The Hall–Kier alpha value is -2.40. The van der Waals surface area contributed by atoms with Gasteiger partial charge in [-0.2, -0.15) is 0 Å². The maximum absolute atomic E-state index is 5.57. The number of thiazole rings is 1. The molecule has 0 saturated heterocycles. The average Bonchev–Trinajstić information content (AvgIpc) is 2.98. The van der Waals surface area contributed by atoms with Crippen LogP contribution in [0.2, 0.25) is 0 Å². The van der Waals surface area contributed by atoms with Gasteiger partial charge in [0, 0.05) is 34.3 Å². The third kappa shape index (κ3) is 2.68. The number of aryl methyl sites for hydroxylation is 1. The summed E-state index contributed by atoms with van der Waals surface area (Å²) in [7, 11) is 0. The number of H-pyrrole nitrogens is 1. The number of nitrogens with zero attached hydrogens (tertiary/aromatic N) is 2. The number of allylic oxidation sites excluding steroid dienone is 2. The van der Waals surface area contributed by atoms with Crippen LogP contribution in [-0.4, -0.2) is 15.0 Å². The smallest absolute Gasteiger partial charge is 0.197 e. The van der Waals surface area contributed by atoms with Gasteiger partial charge in [-0.1, -0.05) is 24.8 Å². The van der Waals surface area contributed by atoms with Gasteiger partial charge in [-0.25, -0.2) is 9.97 Å². The highest BCUT2D eigenvalue weighted by Crippen LogP contribution is 2.40. The maximum atomic E-state index is 5.57. The number of nitrogens with one attached hydrogen (secondary N) is 1. The Morgan fingerprint density at radius 2 is 2.22 bits per heavy atom. The van der Waals surface area contributed by atoms with Gasteiger partial charge in [0.15, 0.2) is 5.89 Å². The minimum absolute atomic E-state index is 0.520. The van der Waals surface area contributed by atoms with E-state index < -0.39 is 0 Å². The highest BCUT2D eigenvalue weighted by Gasteiger charge is 2.29. The fourth-order valence-electron chi connectivity index (χ4n) is 2.55. The standard InChI is InChI=1S/C18H17N3OS/c1-3-4-5-13-11(2)19-8-14(13)16-10-23-18(21-16)15-9-22-17(20-15)12-6-7-12/h3-5,8-10,12,19H,1,6-7H2,2H3/b5-4-. The number of aromatic nitrogens is 3. The average molecular weight is 323 g/mol. The van der Waals surface area contributed by atoms with Crippen molar-refractivity contribution in [2.24, 2.45) is 0 Å². The molecule has 0 unspecified atom stereocenters. The third-order valence-electron chi connectivity index (χ3n) is 3.97. The summed E-state index contributed by atoms with van der Waals surface area (Å²) in [5, 5.41) is 2.96. The zero-order valence-corrected chi connectivity index (χ0v) is 13.7. The van der Waals surface area contributed by atoms with E-state index in [4.69, 9.17) is 9.40 Å². The molecule has 1 aliphatic carbocycles. The lowest BCUT2D eigenvalue weighted by Gasteiger charge is -1.96. The van der Waals surface area contributed by atoms with E-state index in [0.717, 1.165) is 39.1 Å². The molecule has 0 atom stereocenters. The zero-order chi connectivity index (χ0) is 15.8. The van der Waals surface area contributed by atoms with Gasteiger partial charge in [-0.3, -0.25) is 0 Å². The Morgan fingerprint density at radius 1 is 1.35 bits per heavy atom. The molecule has 0 aromatic carbocycles. The summed E-state index contributed by atoms with van der Waals surface area (Å²) in [4.78, 5) is 12.6. The van der Waals surface area contributed by atoms with Crippen molar-refractivity contribution in [3.63, 3.8) is 0 Å². The molecule has 4 nitrogen and oxygen atoms in total. The first-order valence-corrected chi connectivity index (χ1v) is 8.53. The van der Waals surface area contributed by atoms with Crippen molar-refractivity contribution in [1.82, 2.24) is 15.0 Å². The molecule has 3 aromatic rings. The molecule has 5 heteroatoms. The molecule has 3 aromatic heterocycles. The summed E-state index contributed by atoms with van der Waals surface area (Å²) >= 11 is 1.59. The lowest BCUT2D eigenvalue weighted by Crippen LogP contribution is -1.82. The molecular formula is C18H17N3OS. The van der Waals surface area contributed by atoms with E-state index in [1.54, 1.807) is 23.7 Å². The lowest BCUT2D eigenvalue weighted by atomic mass is 10.1. The second-order valence-electron chi connectivity index (χ2n) is 5.72. The Balaban J connectivity index is 1.67. The Morgan fingerprint density at radius 3 is 3.00 bits per heavy atom. The molecule has 1 aliphatic rings. The first kappa shape index (κ1) is 14.2. The van der Waals surface area contributed by atoms with Gasteiger partial charge < -0.3 is 9.40 Å². The van der Waals surface area contributed by atoms with Gasteiger partial charge in [0.1, 0.15) is 17.0 Å². The van der Waals surface area contributed by atoms with Crippen LogP contribution >= 0.6 is 11.3 Å². The van der Waals surface area contributed by atoms with Crippen LogP contribution in [0, 0.1) is 6.92 Å². The van der Waals surface area contributed by atoms with Crippen molar-refractivity contribution < 1.29 is 4.42 Å². The van der Waals surface area contributed by atoms with Crippen molar-refractivity contribution in [2.75, 3.05) is 0 Å². The first-order valence-electron chi connectivity index (χ1n) is 7.65. The molecule has 4 rings (SSSR count). The summed E-state index contributed by atoms with van der Waals surface area (Å²) in [5.74, 6) is 1.37. The predicted molar refractivity (Wildman–Crippen MR) is 93.3 cm³/mol. The second kappa shape index (κ2) is 5.66. The van der Waals surface area contributed by atoms with Crippen LogP contribution < -0.4 is 0 Å². The van der Waals surface area contributed by atoms with Gasteiger partial charge in [0.2, 0.25) is 0 Å². The van der Waals surface area contributed by atoms with Gasteiger partial charge >= 0.3 is 0 Å². The van der Waals surface area contributed by atoms with E-state index in [1.165, 1.54) is 12.8 Å². The predicted octanol–water partition coefficient (Wildman–Crippen LogP) is 5.18. The Bertz CT molecular complexity index is 880. The van der Waals surface area contributed by atoms with Crippen LogP contribution in [-0.2, 0) is 0 Å². The van der Waals surface area contributed by atoms with E-state index in [-0.39, 0.29) is 0 Å². The van der Waals surface area contributed by atoms with Gasteiger partial charge in [0.05, 0.1) is 5.69 Å². The molecule has 1 N–H and O–H groups in total. The van der Waals surface area contributed by atoms with Gasteiger partial charge in [-0.05, 0) is 19.8 Å². The summed E-state index contributed by atoms with van der Waals surface area (Å²) in [6.07, 6.45) is 11.8. The van der Waals surface area contributed by atoms with E-state index in [9.17, 15) is 0 Å². The monoisotopic (exact) mass is 323 g/mol. The first-order chi connectivity index (χ1) is 11.3. The molecule has 3 heterocycles. The Labute approximate surface area is 138 Å². The molecule has 116 valence electrons. The summed E-state index contributed by atoms with van der Waals surface area (Å²) < 4.78 is 5.57. The van der Waals surface area contributed by atoms with Crippen molar-refractivity contribution in [1.29, 1.82) is 0 Å². The minimum Gasteiger partial charge on any atom is -0.448 e. The molecule has 1 saturated carbocycles. The highest BCUT2D eigenvalue weighted by molar-refractivity contribution is 7.13. The van der Waals surface area contributed by atoms with E-state index in [2.05, 4.69) is 34.9 Å². The van der Waals surface area contributed by atoms with E-state index >= 15 is 0 Å². The molecule has 0 spiro atoms. The number of aromatic amines is 1. The third-order valence-corrected chi connectivity index (χ3v) is 4.84. The highest BCUT2D eigenvalue weighted by atomic mass is 32.1. The van der Waals surface area contributed by atoms with Crippen LogP contribution in [0.15, 0.2) is 41.0 Å². The summed E-state index contributed by atoms with van der Waals surface area (Å²) in [6.45, 7) is 5.78. The maximum Gasteiger partial charge on any atom is 0.197 e. The topological polar surface area (TPSA) is 54.7 Å². The van der Waals surface area contributed by atoms with Crippen molar-refractivity contribution in [3.05, 3.63) is 53.7 Å². The van der Waals surface area contributed by atoms with Crippen LogP contribution in [0.25, 0.3) is 28.0 Å². The van der Waals surface area contributed by atoms with Crippen molar-refractivity contribution in [2.45, 2.75) is 25.7 Å². The summed E-state index contributed by atoms with van der Waals surface area (Å²) in [6, 6.07) is 0. The zero-order valence-electron chi connectivity index (χ0n) is 12.9. The molecule has 0 amide bonds. The summed E-state index contributed by atoms with van der Waals surface area (Å²) in [5.41, 5.74) is 5.13. The van der Waals surface area contributed by atoms with Crippen LogP contribution in [0.3, 0.4) is 0 Å². The van der Waals surface area contributed by atoms with Gasteiger partial charge in [-0.15, -0.1) is 11.3 Å². The fourth-order valence-corrected chi connectivity index (χ4v) is 3.32. The van der Waals surface area contributed by atoms with Crippen LogP contribution in [0.5, 0.6) is 0 Å². The van der Waals surface area contributed by atoms with Crippen LogP contribution in [0.4, 0.5) is 0 Å². The fraction of sp³-hybridized carbons (Fsp3) is 0.222. The van der Waals surface area contributed by atoms with E-state index in [0.29, 0.717) is 5.92 Å². The SMILES string of the molecule is C=C/C=C\c1c(-c2csc(-c3coc(C4CC4)n3)n2)c[nH]c1C. The molecule has 1 fully saturated rings. The molecule has 0 bridgehead atoms. The lowest BCUT2D eigenvalue weighted by molar-refractivity contribution is 0.497. The number of rotatable bonds is 5. The molecule has 23 heavy (non-hydrogen) atoms.